The molecule has 0 aliphatic heterocycles. The number of hydrogen-bond acceptors (Lipinski definition) is 4. The van der Waals surface area contributed by atoms with E-state index in [9.17, 15) is 0 Å². The second-order valence-corrected chi connectivity index (χ2v) is 4.09. The number of carboxylic acid groups (broad SMARTS) is 2. The third-order valence-electron chi connectivity index (χ3n) is 2.63. The maximum atomic E-state index is 9.10. The topological polar surface area (TPSA) is 104 Å². The largest absolute Gasteiger partial charge is 0.473 e. The summed E-state index contributed by atoms with van der Waals surface area (Å²) in [5.74, 6) is -3.65. The highest BCUT2D eigenvalue weighted by Gasteiger charge is 2.22. The van der Waals surface area contributed by atoms with Gasteiger partial charge in [-0.25, -0.2) is 9.59 Å². The third kappa shape index (κ3) is 5.67. The van der Waals surface area contributed by atoms with Crippen molar-refractivity contribution in [2.24, 2.45) is 5.73 Å². The Balaban J connectivity index is 0.000000325. The van der Waals surface area contributed by atoms with Crippen molar-refractivity contribution >= 4 is 11.9 Å². The summed E-state index contributed by atoms with van der Waals surface area (Å²) in [6, 6.07) is 1.05. The molecule has 2 atom stereocenters. The molecule has 0 spiro atoms. The zero-order valence-electron chi connectivity index (χ0n) is 9.72. The quantitative estimate of drug-likeness (QED) is 0.549. The number of hydrogen-bond donors (Lipinski definition) is 3. The third-order valence-corrected chi connectivity index (χ3v) is 2.63. The van der Waals surface area contributed by atoms with Crippen molar-refractivity contribution in [2.45, 2.75) is 37.8 Å². The van der Waals surface area contributed by atoms with Crippen molar-refractivity contribution in [2.75, 3.05) is 14.1 Å². The van der Waals surface area contributed by atoms with Gasteiger partial charge >= 0.3 is 11.9 Å². The van der Waals surface area contributed by atoms with E-state index in [4.69, 9.17) is 25.5 Å². The van der Waals surface area contributed by atoms with E-state index in [0.717, 1.165) is 0 Å². The first-order chi connectivity index (χ1) is 7.36. The lowest BCUT2D eigenvalue weighted by Gasteiger charge is -2.33. The highest BCUT2D eigenvalue weighted by Crippen LogP contribution is 2.19. The van der Waals surface area contributed by atoms with Crippen LogP contribution in [0.15, 0.2) is 0 Å². The number of rotatable bonds is 1. The zero-order chi connectivity index (χ0) is 12.7. The molecule has 1 saturated carbocycles. The summed E-state index contributed by atoms with van der Waals surface area (Å²) in [7, 11) is 4.24. The molecule has 0 unspecified atom stereocenters. The van der Waals surface area contributed by atoms with E-state index in [-0.39, 0.29) is 0 Å². The summed E-state index contributed by atoms with van der Waals surface area (Å²) in [6.07, 6.45) is 5.18. The summed E-state index contributed by atoms with van der Waals surface area (Å²) < 4.78 is 0. The van der Waals surface area contributed by atoms with E-state index in [1.807, 2.05) is 0 Å². The van der Waals surface area contributed by atoms with Crippen molar-refractivity contribution in [3.05, 3.63) is 0 Å². The van der Waals surface area contributed by atoms with Crippen LogP contribution in [0.1, 0.15) is 25.7 Å². The molecule has 1 fully saturated rings. The van der Waals surface area contributed by atoms with Crippen LogP contribution in [0.5, 0.6) is 0 Å². The second kappa shape index (κ2) is 7.19. The predicted molar refractivity (Wildman–Crippen MR) is 59.2 cm³/mol. The Morgan fingerprint density at radius 2 is 1.56 bits per heavy atom. The van der Waals surface area contributed by atoms with Gasteiger partial charge in [0.2, 0.25) is 0 Å². The van der Waals surface area contributed by atoms with Gasteiger partial charge in [-0.1, -0.05) is 12.8 Å². The van der Waals surface area contributed by atoms with Crippen LogP contribution in [0, 0.1) is 0 Å². The van der Waals surface area contributed by atoms with Gasteiger partial charge < -0.3 is 20.8 Å². The molecule has 6 nitrogen and oxygen atoms in total. The van der Waals surface area contributed by atoms with Crippen LogP contribution in [0.2, 0.25) is 0 Å². The monoisotopic (exact) mass is 232 g/mol. The van der Waals surface area contributed by atoms with Gasteiger partial charge in [0.15, 0.2) is 0 Å². The molecule has 0 heterocycles. The Morgan fingerprint density at radius 1 is 1.12 bits per heavy atom. The van der Waals surface area contributed by atoms with Gasteiger partial charge in [0.05, 0.1) is 0 Å². The van der Waals surface area contributed by atoms with Gasteiger partial charge in [-0.05, 0) is 26.9 Å². The fourth-order valence-corrected chi connectivity index (χ4v) is 1.78. The van der Waals surface area contributed by atoms with Crippen molar-refractivity contribution in [3.63, 3.8) is 0 Å². The van der Waals surface area contributed by atoms with E-state index in [1.54, 1.807) is 0 Å². The number of carboxylic acids is 2. The first-order valence-corrected chi connectivity index (χ1v) is 5.24. The second-order valence-electron chi connectivity index (χ2n) is 4.09. The standard InChI is InChI=1S/C8H18N2.C2H2O4/c1-10(2)8-6-4-3-5-7(8)9;3-1(4)2(5)6/h7-8H,3-6,9H2,1-2H3;(H,3,4)(H,5,6)/t7-,8-;/m1./s1. The Labute approximate surface area is 95.0 Å². The van der Waals surface area contributed by atoms with Crippen LogP contribution in [0.3, 0.4) is 0 Å². The van der Waals surface area contributed by atoms with Gasteiger partial charge in [0.1, 0.15) is 0 Å². The minimum absolute atomic E-state index is 0.420. The molecular weight excluding hydrogens is 212 g/mol. The molecule has 0 aromatic heterocycles. The fraction of sp³-hybridized carbons (Fsp3) is 0.800. The lowest BCUT2D eigenvalue weighted by Crippen LogP contribution is -2.46. The Hall–Kier alpha value is -1.14. The molecule has 16 heavy (non-hydrogen) atoms. The van der Waals surface area contributed by atoms with Gasteiger partial charge in [0.25, 0.3) is 0 Å². The number of carbonyl (C=O) groups is 2. The van der Waals surface area contributed by atoms with Gasteiger partial charge in [0, 0.05) is 12.1 Å². The molecule has 0 saturated heterocycles. The van der Waals surface area contributed by atoms with E-state index in [0.29, 0.717) is 12.1 Å². The predicted octanol–water partition coefficient (Wildman–Crippen LogP) is -0.0265. The van der Waals surface area contributed by atoms with Crippen molar-refractivity contribution in [1.82, 2.24) is 4.90 Å². The highest BCUT2D eigenvalue weighted by atomic mass is 16.4. The SMILES string of the molecule is CN(C)[C@@H]1CCCC[C@H]1N.O=C(O)C(=O)O. The van der Waals surface area contributed by atoms with Gasteiger partial charge in [-0.3, -0.25) is 0 Å². The fourth-order valence-electron chi connectivity index (χ4n) is 1.78. The molecule has 94 valence electrons. The van der Waals surface area contributed by atoms with Crippen molar-refractivity contribution < 1.29 is 19.8 Å². The maximum absolute atomic E-state index is 9.10. The molecule has 1 aliphatic carbocycles. The van der Waals surface area contributed by atoms with Crippen molar-refractivity contribution in [1.29, 1.82) is 0 Å². The van der Waals surface area contributed by atoms with Crippen molar-refractivity contribution in [3.8, 4) is 0 Å². The summed E-state index contributed by atoms with van der Waals surface area (Å²) >= 11 is 0. The van der Waals surface area contributed by atoms with Crippen LogP contribution in [-0.2, 0) is 9.59 Å². The summed E-state index contributed by atoms with van der Waals surface area (Å²) in [6.45, 7) is 0. The van der Waals surface area contributed by atoms with Crippen LogP contribution in [0.25, 0.3) is 0 Å². The van der Waals surface area contributed by atoms with Crippen LogP contribution < -0.4 is 5.73 Å². The minimum Gasteiger partial charge on any atom is -0.473 e. The Kier molecular flexibility index (Phi) is 6.67. The molecule has 0 radical (unpaired) electrons. The normalized spacial score (nSPS) is 24.5. The first-order valence-electron chi connectivity index (χ1n) is 5.24. The summed E-state index contributed by atoms with van der Waals surface area (Å²) in [4.78, 5) is 20.5. The molecule has 4 N–H and O–H groups in total. The number of nitrogens with zero attached hydrogens (tertiary/aromatic N) is 1. The van der Waals surface area contributed by atoms with Crippen LogP contribution in [-0.4, -0.2) is 53.2 Å². The van der Waals surface area contributed by atoms with Crippen LogP contribution >= 0.6 is 0 Å². The molecule has 1 aliphatic rings. The molecule has 0 aromatic carbocycles. The summed E-state index contributed by atoms with van der Waals surface area (Å²) in [5.41, 5.74) is 5.94. The average Bonchev–Trinajstić information content (AvgIpc) is 2.18. The zero-order valence-corrected chi connectivity index (χ0v) is 9.72. The average molecular weight is 232 g/mol. The molecular formula is C10H20N2O4. The lowest BCUT2D eigenvalue weighted by atomic mass is 9.90. The maximum Gasteiger partial charge on any atom is 0.414 e. The number of nitrogens with two attached hydrogens (primary N) is 1. The van der Waals surface area contributed by atoms with Gasteiger partial charge in [-0.15, -0.1) is 0 Å². The molecule has 0 amide bonds. The van der Waals surface area contributed by atoms with E-state index in [1.165, 1.54) is 25.7 Å². The molecule has 1 rings (SSSR count). The molecule has 0 aromatic rings. The number of likely N-dealkylation sites (N-methyl/N-ethyl adjacent to an activating group) is 1. The van der Waals surface area contributed by atoms with E-state index < -0.39 is 11.9 Å². The van der Waals surface area contributed by atoms with E-state index in [2.05, 4.69) is 19.0 Å². The van der Waals surface area contributed by atoms with Gasteiger partial charge in [-0.2, -0.15) is 0 Å². The Morgan fingerprint density at radius 3 is 1.81 bits per heavy atom. The van der Waals surface area contributed by atoms with E-state index >= 15 is 0 Å². The lowest BCUT2D eigenvalue weighted by molar-refractivity contribution is -0.159. The van der Waals surface area contributed by atoms with Crippen LogP contribution in [0.4, 0.5) is 0 Å². The smallest absolute Gasteiger partial charge is 0.414 e. The highest BCUT2D eigenvalue weighted by molar-refractivity contribution is 6.27. The molecule has 0 bridgehead atoms. The Bertz CT molecular complexity index is 231. The first kappa shape index (κ1) is 14.9. The molecule has 6 heteroatoms. The number of aliphatic carboxylic acids is 2. The minimum atomic E-state index is -1.82. The summed E-state index contributed by atoms with van der Waals surface area (Å²) in [5, 5.41) is 14.8.